The van der Waals surface area contributed by atoms with Crippen LogP contribution in [0.15, 0.2) is 36.5 Å². The van der Waals surface area contributed by atoms with Gasteiger partial charge in [-0.05, 0) is 45.4 Å². The second kappa shape index (κ2) is 17.9. The Labute approximate surface area is 185 Å². The molecule has 4 N–H and O–H groups in total. The zero-order valence-electron chi connectivity index (χ0n) is 18.6. The molecule has 0 fully saturated rings. The fraction of sp³-hybridized carbons (Fsp3) is 0.636. The lowest BCUT2D eigenvalue weighted by atomic mass is 10.1. The van der Waals surface area contributed by atoms with Crippen molar-refractivity contribution in [3.05, 3.63) is 36.5 Å². The first kappa shape index (κ1) is 29.3. The number of phosphoric ester groups is 1. The average Bonchev–Trinajstić information content (AvgIpc) is 2.67. The molecule has 0 aliphatic carbocycles. The van der Waals surface area contributed by atoms with Crippen LogP contribution in [0.1, 0.15) is 78.1 Å². The van der Waals surface area contributed by atoms with Gasteiger partial charge in [-0.15, -0.1) is 0 Å². The zero-order valence-corrected chi connectivity index (χ0v) is 19.5. The first-order valence-corrected chi connectivity index (χ1v) is 12.4. The standard InChI is InChI=1S/C22H38NO7P/c1-3-4-5-6-7-8-9-10-11-12-13-14-15-16-17-18-20(24)23-21(22(25)26)19(2)30-31(27,28)29/h4-5,7-8,10-11,19,21H,3,6,9,12-18H2,1-2H3,(H,23,24)(H,25,26)(H2,27,28,29)/b5-4-,8-7-,11-10-/t19?,21-/m0/s1. The Morgan fingerprint density at radius 1 is 0.935 bits per heavy atom. The lowest BCUT2D eigenvalue weighted by Gasteiger charge is -2.21. The second-order valence-electron chi connectivity index (χ2n) is 7.28. The lowest BCUT2D eigenvalue weighted by molar-refractivity contribution is -0.144. The summed E-state index contributed by atoms with van der Waals surface area (Å²) in [4.78, 5) is 40.7. The maximum Gasteiger partial charge on any atom is 0.469 e. The third-order valence-electron chi connectivity index (χ3n) is 4.41. The predicted molar refractivity (Wildman–Crippen MR) is 121 cm³/mol. The maximum absolute atomic E-state index is 11.9. The van der Waals surface area contributed by atoms with E-state index in [1.54, 1.807) is 0 Å². The van der Waals surface area contributed by atoms with Crippen molar-refractivity contribution in [3.8, 4) is 0 Å². The smallest absolute Gasteiger partial charge is 0.469 e. The number of carbonyl (C=O) groups excluding carboxylic acids is 1. The van der Waals surface area contributed by atoms with E-state index in [0.29, 0.717) is 6.42 Å². The number of allylic oxidation sites excluding steroid dienone is 6. The summed E-state index contributed by atoms with van der Waals surface area (Å²) in [6.07, 6.45) is 20.5. The molecule has 8 nitrogen and oxygen atoms in total. The minimum Gasteiger partial charge on any atom is -0.480 e. The largest absolute Gasteiger partial charge is 0.480 e. The van der Waals surface area contributed by atoms with Crippen molar-refractivity contribution in [1.29, 1.82) is 0 Å². The zero-order chi connectivity index (χ0) is 23.5. The van der Waals surface area contributed by atoms with Crippen molar-refractivity contribution in [3.63, 3.8) is 0 Å². The van der Waals surface area contributed by atoms with Crippen LogP contribution < -0.4 is 5.32 Å². The molecule has 0 bridgehead atoms. The van der Waals surface area contributed by atoms with Gasteiger partial charge in [-0.1, -0.05) is 62.6 Å². The van der Waals surface area contributed by atoms with E-state index in [-0.39, 0.29) is 6.42 Å². The van der Waals surface area contributed by atoms with Crippen LogP contribution in [-0.2, 0) is 18.7 Å². The Bertz CT molecular complexity index is 640. The number of amides is 1. The van der Waals surface area contributed by atoms with Crippen LogP contribution >= 0.6 is 7.82 Å². The van der Waals surface area contributed by atoms with Crippen LogP contribution in [0, 0.1) is 0 Å². The van der Waals surface area contributed by atoms with Gasteiger partial charge in [0.25, 0.3) is 0 Å². The molecule has 0 aliphatic rings. The number of carboxylic acids is 1. The molecule has 0 aromatic rings. The Morgan fingerprint density at radius 2 is 1.48 bits per heavy atom. The van der Waals surface area contributed by atoms with Crippen LogP contribution in [0.3, 0.4) is 0 Å². The summed E-state index contributed by atoms with van der Waals surface area (Å²) in [6, 6.07) is -1.52. The van der Waals surface area contributed by atoms with E-state index in [1.165, 1.54) is 6.92 Å². The molecule has 1 amide bonds. The van der Waals surface area contributed by atoms with Crippen molar-refractivity contribution in [1.82, 2.24) is 5.32 Å². The highest BCUT2D eigenvalue weighted by Gasteiger charge is 2.32. The normalized spacial score (nSPS) is 14.5. The number of unbranched alkanes of at least 4 members (excludes halogenated alkanes) is 5. The first-order chi connectivity index (χ1) is 14.7. The molecule has 0 rings (SSSR count). The lowest BCUT2D eigenvalue weighted by Crippen LogP contribution is -2.48. The molecule has 178 valence electrons. The molecular formula is C22H38NO7P. The Hall–Kier alpha value is -1.73. The first-order valence-electron chi connectivity index (χ1n) is 10.9. The van der Waals surface area contributed by atoms with Crippen molar-refractivity contribution in [2.45, 2.75) is 90.2 Å². The molecule has 9 heteroatoms. The molecule has 0 saturated carbocycles. The van der Waals surface area contributed by atoms with Gasteiger partial charge in [0.15, 0.2) is 6.04 Å². The van der Waals surface area contributed by atoms with E-state index < -0.39 is 31.8 Å². The highest BCUT2D eigenvalue weighted by atomic mass is 31.2. The van der Waals surface area contributed by atoms with Crippen LogP contribution in [-0.4, -0.2) is 38.9 Å². The van der Waals surface area contributed by atoms with Crippen LogP contribution in [0.4, 0.5) is 0 Å². The molecule has 0 heterocycles. The molecule has 0 spiro atoms. The van der Waals surface area contributed by atoms with E-state index >= 15 is 0 Å². The van der Waals surface area contributed by atoms with Gasteiger partial charge in [0.2, 0.25) is 5.91 Å². The molecule has 1 unspecified atom stereocenters. The fourth-order valence-corrected chi connectivity index (χ4v) is 3.36. The van der Waals surface area contributed by atoms with Gasteiger partial charge in [-0.25, -0.2) is 9.36 Å². The van der Waals surface area contributed by atoms with Crippen LogP contribution in [0.5, 0.6) is 0 Å². The summed E-state index contributed by atoms with van der Waals surface area (Å²) in [6.45, 7) is 3.31. The molecule has 0 aromatic heterocycles. The maximum atomic E-state index is 11.9. The van der Waals surface area contributed by atoms with E-state index in [0.717, 1.165) is 51.4 Å². The molecule has 31 heavy (non-hydrogen) atoms. The monoisotopic (exact) mass is 459 g/mol. The van der Waals surface area contributed by atoms with Gasteiger partial charge >= 0.3 is 13.8 Å². The van der Waals surface area contributed by atoms with Crippen molar-refractivity contribution >= 4 is 19.7 Å². The molecule has 0 saturated heterocycles. The summed E-state index contributed by atoms with van der Waals surface area (Å²) in [5, 5.41) is 11.4. The number of carbonyl (C=O) groups is 2. The highest BCUT2D eigenvalue weighted by molar-refractivity contribution is 7.46. The Morgan fingerprint density at radius 3 is 2.06 bits per heavy atom. The predicted octanol–water partition coefficient (Wildman–Crippen LogP) is 4.64. The Kier molecular flexibility index (Phi) is 16.9. The van der Waals surface area contributed by atoms with Gasteiger partial charge in [0.05, 0.1) is 6.10 Å². The molecule has 0 aromatic carbocycles. The van der Waals surface area contributed by atoms with Gasteiger partial charge in [0.1, 0.15) is 0 Å². The van der Waals surface area contributed by atoms with Crippen molar-refractivity contribution in [2.75, 3.05) is 0 Å². The topological polar surface area (TPSA) is 133 Å². The fourth-order valence-electron chi connectivity index (χ4n) is 2.81. The summed E-state index contributed by atoms with van der Waals surface area (Å²) in [5.74, 6) is -1.89. The van der Waals surface area contributed by atoms with Gasteiger partial charge < -0.3 is 20.2 Å². The number of phosphoric acid groups is 1. The van der Waals surface area contributed by atoms with Crippen LogP contribution in [0.25, 0.3) is 0 Å². The summed E-state index contributed by atoms with van der Waals surface area (Å²) < 4.78 is 15.2. The van der Waals surface area contributed by atoms with Gasteiger partial charge in [-0.2, -0.15) is 0 Å². The third-order valence-corrected chi connectivity index (χ3v) is 5.02. The minimum atomic E-state index is -4.84. The SMILES string of the molecule is CC/C=C\C/C=C\C/C=C\CCCCCCCC(=O)N[C@H](C(=O)O)C(C)OP(=O)(O)O. The van der Waals surface area contributed by atoms with Crippen molar-refractivity contribution in [2.24, 2.45) is 0 Å². The Balaban J connectivity index is 3.85. The van der Waals surface area contributed by atoms with Crippen LogP contribution in [0.2, 0.25) is 0 Å². The van der Waals surface area contributed by atoms with Gasteiger partial charge in [0, 0.05) is 6.42 Å². The average molecular weight is 460 g/mol. The van der Waals surface area contributed by atoms with E-state index in [4.69, 9.17) is 14.9 Å². The quantitative estimate of drug-likeness (QED) is 0.133. The summed E-state index contributed by atoms with van der Waals surface area (Å²) in [5.41, 5.74) is 0. The van der Waals surface area contributed by atoms with Crippen molar-refractivity contribution < 1.29 is 33.6 Å². The number of hydrogen-bond donors (Lipinski definition) is 4. The van der Waals surface area contributed by atoms with E-state index in [2.05, 4.69) is 53.2 Å². The molecule has 0 aliphatic heterocycles. The number of rotatable bonds is 18. The number of carboxylic acid groups (broad SMARTS) is 1. The second-order valence-corrected chi connectivity index (χ2v) is 8.48. The molecule has 2 atom stereocenters. The number of aliphatic carboxylic acids is 1. The minimum absolute atomic E-state index is 0.159. The summed E-state index contributed by atoms with van der Waals surface area (Å²) in [7, 11) is -4.84. The molecule has 0 radical (unpaired) electrons. The number of nitrogens with one attached hydrogen (secondary N) is 1. The van der Waals surface area contributed by atoms with Gasteiger partial charge in [-0.3, -0.25) is 9.32 Å². The van der Waals surface area contributed by atoms with E-state index in [1.807, 2.05) is 0 Å². The third kappa shape index (κ3) is 18.7. The number of hydrogen-bond acceptors (Lipinski definition) is 4. The molecular weight excluding hydrogens is 421 g/mol. The highest BCUT2D eigenvalue weighted by Crippen LogP contribution is 2.38. The summed E-state index contributed by atoms with van der Waals surface area (Å²) >= 11 is 0. The van der Waals surface area contributed by atoms with E-state index in [9.17, 15) is 14.2 Å².